The zero-order valence-electron chi connectivity index (χ0n) is 22.4. The Morgan fingerprint density at radius 2 is 2.05 bits per heavy atom. The SMILES string of the molecule is O=C(O)C(c1ccccc1CO[C@H]1CCCO1)N1CCC[C@@H]1C(F)(F)CCCCc1ccc2c(n1)NCCC2. The number of alkyl halides is 2. The lowest BCUT2D eigenvalue weighted by molar-refractivity contribution is -0.149. The summed E-state index contributed by atoms with van der Waals surface area (Å²) in [5.41, 5.74) is 3.34. The number of nitrogens with zero attached hydrogens (tertiary/aromatic N) is 2. The molecular weight excluding hydrogens is 504 g/mol. The maximum atomic E-state index is 15.6. The summed E-state index contributed by atoms with van der Waals surface area (Å²) < 4.78 is 42.6. The minimum atomic E-state index is -2.99. The molecule has 0 amide bonds. The summed E-state index contributed by atoms with van der Waals surface area (Å²) in [5.74, 6) is -3.18. The zero-order chi connectivity index (χ0) is 27.2. The summed E-state index contributed by atoms with van der Waals surface area (Å²) in [5, 5.41) is 13.6. The number of benzene rings is 1. The Balaban J connectivity index is 1.22. The van der Waals surface area contributed by atoms with Crippen molar-refractivity contribution in [2.75, 3.05) is 25.0 Å². The van der Waals surface area contributed by atoms with Crippen LogP contribution >= 0.6 is 0 Å². The average molecular weight is 544 g/mol. The number of aromatic nitrogens is 1. The predicted octanol–water partition coefficient (Wildman–Crippen LogP) is 5.73. The fourth-order valence-corrected chi connectivity index (χ4v) is 6.14. The first-order chi connectivity index (χ1) is 18.9. The first-order valence-corrected chi connectivity index (χ1v) is 14.3. The highest BCUT2D eigenvalue weighted by Gasteiger charge is 2.49. The summed E-state index contributed by atoms with van der Waals surface area (Å²) in [6.07, 6.45) is 5.70. The summed E-state index contributed by atoms with van der Waals surface area (Å²) in [6, 6.07) is 8.94. The van der Waals surface area contributed by atoms with E-state index < -0.39 is 24.0 Å². The lowest BCUT2D eigenvalue weighted by atomic mass is 9.95. The normalized spacial score (nSPS) is 22.4. The molecule has 9 heteroatoms. The van der Waals surface area contributed by atoms with E-state index in [0.717, 1.165) is 43.7 Å². The van der Waals surface area contributed by atoms with Crippen molar-refractivity contribution in [3.8, 4) is 0 Å². The van der Waals surface area contributed by atoms with Gasteiger partial charge in [-0.25, -0.2) is 13.8 Å². The third kappa shape index (κ3) is 6.76. The molecule has 0 aliphatic carbocycles. The Labute approximate surface area is 228 Å². The lowest BCUT2D eigenvalue weighted by Gasteiger charge is -2.36. The highest BCUT2D eigenvalue weighted by molar-refractivity contribution is 5.76. The number of hydrogen-bond donors (Lipinski definition) is 2. The van der Waals surface area contributed by atoms with Crippen LogP contribution in [0, 0.1) is 0 Å². The van der Waals surface area contributed by atoms with Crippen molar-refractivity contribution in [1.82, 2.24) is 9.88 Å². The van der Waals surface area contributed by atoms with Gasteiger partial charge in [0.2, 0.25) is 0 Å². The Morgan fingerprint density at radius 1 is 1.18 bits per heavy atom. The van der Waals surface area contributed by atoms with E-state index in [-0.39, 0.29) is 25.7 Å². The second-order valence-corrected chi connectivity index (χ2v) is 10.9. The Morgan fingerprint density at radius 3 is 2.87 bits per heavy atom. The first-order valence-electron chi connectivity index (χ1n) is 14.3. The molecule has 3 atom stereocenters. The van der Waals surface area contributed by atoms with Gasteiger partial charge in [0.15, 0.2) is 6.29 Å². The number of hydrogen-bond acceptors (Lipinski definition) is 6. The van der Waals surface area contributed by atoms with Crippen LogP contribution < -0.4 is 5.32 Å². The largest absolute Gasteiger partial charge is 0.480 e. The Kier molecular flexibility index (Phi) is 9.10. The van der Waals surface area contributed by atoms with Crippen LogP contribution in [0.2, 0.25) is 0 Å². The first kappa shape index (κ1) is 27.9. The average Bonchev–Trinajstić information content (AvgIpc) is 3.64. The van der Waals surface area contributed by atoms with Crippen molar-refractivity contribution in [3.05, 3.63) is 58.8 Å². The fourth-order valence-electron chi connectivity index (χ4n) is 6.14. The molecule has 2 N–H and O–H groups in total. The third-order valence-corrected chi connectivity index (χ3v) is 8.15. The number of rotatable bonds is 12. The number of nitrogens with one attached hydrogen (secondary N) is 1. The van der Waals surface area contributed by atoms with Crippen LogP contribution in [0.25, 0.3) is 0 Å². The molecule has 0 radical (unpaired) electrons. The number of ether oxygens (including phenoxy) is 2. The molecule has 5 rings (SSSR count). The number of anilines is 1. The van der Waals surface area contributed by atoms with Gasteiger partial charge >= 0.3 is 5.97 Å². The van der Waals surface area contributed by atoms with Crippen LogP contribution in [0.4, 0.5) is 14.6 Å². The van der Waals surface area contributed by atoms with E-state index in [4.69, 9.17) is 9.47 Å². The highest BCUT2D eigenvalue weighted by Crippen LogP contribution is 2.41. The number of likely N-dealkylation sites (tertiary alicyclic amines) is 1. The van der Waals surface area contributed by atoms with Gasteiger partial charge in [-0.3, -0.25) is 9.69 Å². The summed E-state index contributed by atoms with van der Waals surface area (Å²) in [7, 11) is 0. The minimum Gasteiger partial charge on any atom is -0.480 e. The monoisotopic (exact) mass is 543 g/mol. The molecule has 3 aliphatic heterocycles. The molecule has 2 aromatic rings. The molecule has 4 heterocycles. The van der Waals surface area contributed by atoms with E-state index in [1.54, 1.807) is 12.1 Å². The molecule has 1 aromatic heterocycles. The summed E-state index contributed by atoms with van der Waals surface area (Å²) in [6.45, 7) is 2.07. The maximum absolute atomic E-state index is 15.6. The van der Waals surface area contributed by atoms with Gasteiger partial charge in [-0.1, -0.05) is 30.3 Å². The van der Waals surface area contributed by atoms with Crippen LogP contribution in [-0.2, 0) is 33.7 Å². The van der Waals surface area contributed by atoms with Gasteiger partial charge in [0, 0.05) is 31.7 Å². The molecule has 212 valence electrons. The van der Waals surface area contributed by atoms with Crippen LogP contribution in [0.1, 0.15) is 79.8 Å². The topological polar surface area (TPSA) is 83.9 Å². The summed E-state index contributed by atoms with van der Waals surface area (Å²) in [4.78, 5) is 18.7. The predicted molar refractivity (Wildman–Crippen MR) is 144 cm³/mol. The number of pyridine rings is 1. The number of aryl methyl sites for hydroxylation is 2. The standard InChI is InChI=1S/C30H39F2N3O4/c31-30(32,16-4-3-10-23-15-14-21-9-5-17-33-28(21)34-23)25-12-6-18-35(25)27(29(36)37)24-11-2-1-8-22(24)20-39-26-13-7-19-38-26/h1-2,8,11,14-15,25-27H,3-7,9-10,12-13,16-20H2,(H,33,34)(H,36,37)/t25-,26+,27?/m1/s1. The van der Waals surface area contributed by atoms with E-state index in [1.807, 2.05) is 18.2 Å². The molecule has 2 fully saturated rings. The number of fused-ring (bicyclic) bond motifs is 1. The molecule has 1 aromatic carbocycles. The van der Waals surface area contributed by atoms with E-state index in [0.29, 0.717) is 50.0 Å². The molecule has 0 bridgehead atoms. The molecule has 2 saturated heterocycles. The summed E-state index contributed by atoms with van der Waals surface area (Å²) >= 11 is 0. The van der Waals surface area contributed by atoms with Crippen molar-refractivity contribution in [1.29, 1.82) is 0 Å². The molecule has 3 aliphatic rings. The second kappa shape index (κ2) is 12.7. The van der Waals surface area contributed by atoms with Crippen LogP contribution in [0.15, 0.2) is 36.4 Å². The van der Waals surface area contributed by atoms with Gasteiger partial charge in [-0.15, -0.1) is 0 Å². The zero-order valence-corrected chi connectivity index (χ0v) is 22.4. The fraction of sp³-hybridized carbons (Fsp3) is 0.600. The van der Waals surface area contributed by atoms with Gasteiger partial charge in [0.05, 0.1) is 12.6 Å². The van der Waals surface area contributed by atoms with Gasteiger partial charge in [-0.05, 0) is 80.7 Å². The van der Waals surface area contributed by atoms with Gasteiger partial charge in [-0.2, -0.15) is 0 Å². The van der Waals surface area contributed by atoms with E-state index in [1.165, 1.54) is 10.5 Å². The van der Waals surface area contributed by atoms with Gasteiger partial charge in [0.1, 0.15) is 11.9 Å². The number of aliphatic carboxylic acids is 1. The molecule has 0 saturated carbocycles. The molecule has 7 nitrogen and oxygen atoms in total. The second-order valence-electron chi connectivity index (χ2n) is 10.9. The van der Waals surface area contributed by atoms with Crippen molar-refractivity contribution in [3.63, 3.8) is 0 Å². The van der Waals surface area contributed by atoms with Gasteiger partial charge in [0.25, 0.3) is 5.92 Å². The van der Waals surface area contributed by atoms with Crippen LogP contribution in [-0.4, -0.2) is 58.9 Å². The highest BCUT2D eigenvalue weighted by atomic mass is 19.3. The number of unbranched alkanes of at least 4 members (excludes halogenated alkanes) is 1. The van der Waals surface area contributed by atoms with Crippen molar-refractivity contribution in [2.45, 2.75) is 95.1 Å². The van der Waals surface area contributed by atoms with Crippen LogP contribution in [0.5, 0.6) is 0 Å². The smallest absolute Gasteiger partial charge is 0.325 e. The maximum Gasteiger partial charge on any atom is 0.325 e. The van der Waals surface area contributed by atoms with E-state index in [9.17, 15) is 9.90 Å². The Hall–Kier alpha value is -2.62. The molecule has 1 unspecified atom stereocenters. The van der Waals surface area contributed by atoms with E-state index >= 15 is 8.78 Å². The number of halogens is 2. The quantitative estimate of drug-likeness (QED) is 0.331. The number of carboxylic acid groups (broad SMARTS) is 1. The van der Waals surface area contributed by atoms with E-state index in [2.05, 4.69) is 16.4 Å². The van der Waals surface area contributed by atoms with Crippen molar-refractivity contribution >= 4 is 11.8 Å². The van der Waals surface area contributed by atoms with Crippen molar-refractivity contribution in [2.24, 2.45) is 0 Å². The Bertz CT molecular complexity index is 1130. The molecular formula is C30H39F2N3O4. The van der Waals surface area contributed by atoms with Gasteiger partial charge < -0.3 is 19.9 Å². The lowest BCUT2D eigenvalue weighted by Crippen LogP contribution is -2.47. The molecule has 0 spiro atoms. The minimum absolute atomic E-state index is 0.186. The number of carbonyl (C=O) groups is 1. The van der Waals surface area contributed by atoms with Crippen molar-refractivity contribution < 1.29 is 28.2 Å². The third-order valence-electron chi connectivity index (χ3n) is 8.15. The number of carboxylic acids is 1. The van der Waals surface area contributed by atoms with Crippen LogP contribution in [0.3, 0.4) is 0 Å². The molecule has 39 heavy (non-hydrogen) atoms.